The van der Waals surface area contributed by atoms with E-state index in [-0.39, 0.29) is 42.5 Å². The van der Waals surface area contributed by atoms with E-state index in [0.29, 0.717) is 5.96 Å². The number of halogens is 1. The van der Waals surface area contributed by atoms with E-state index in [0.717, 1.165) is 52.0 Å². The van der Waals surface area contributed by atoms with Crippen LogP contribution in [0.5, 0.6) is 0 Å². The number of hydrogen-bond acceptors (Lipinski definition) is 3. The highest BCUT2D eigenvalue weighted by Crippen LogP contribution is 2.07. The Kier molecular flexibility index (Phi) is 12.6. The number of ether oxygens (including phenoxy) is 1. The van der Waals surface area contributed by atoms with E-state index in [2.05, 4.69) is 15.6 Å². The monoisotopic (exact) mass is 426 g/mol. The molecule has 6 nitrogen and oxygen atoms in total. The summed E-state index contributed by atoms with van der Waals surface area (Å²) < 4.78 is 5.49. The molecule has 1 aliphatic rings. The molecular formula is C15H31IN4O2. The number of carbonyl (C=O) groups excluding carboxylic acids is 1. The first-order chi connectivity index (χ1) is 10.1. The van der Waals surface area contributed by atoms with Crippen LogP contribution in [0.15, 0.2) is 4.99 Å². The van der Waals surface area contributed by atoms with Gasteiger partial charge in [0.2, 0.25) is 5.91 Å². The van der Waals surface area contributed by atoms with Crippen LogP contribution in [0.2, 0.25) is 0 Å². The molecule has 7 heteroatoms. The lowest BCUT2D eigenvalue weighted by molar-refractivity contribution is -0.128. The van der Waals surface area contributed by atoms with E-state index in [9.17, 15) is 4.79 Å². The van der Waals surface area contributed by atoms with Crippen molar-refractivity contribution < 1.29 is 9.53 Å². The molecule has 0 aromatic carbocycles. The lowest BCUT2D eigenvalue weighted by Crippen LogP contribution is -2.39. The molecule has 0 spiro atoms. The van der Waals surface area contributed by atoms with Crippen LogP contribution >= 0.6 is 24.0 Å². The lowest BCUT2D eigenvalue weighted by atomic mass is 10.4. The molecule has 1 amide bonds. The Balaban J connectivity index is 0.00000441. The molecule has 2 N–H and O–H groups in total. The minimum Gasteiger partial charge on any atom is -0.379 e. The van der Waals surface area contributed by atoms with E-state index in [1.807, 2.05) is 25.7 Å². The predicted molar refractivity (Wildman–Crippen MR) is 101 cm³/mol. The number of guanidine groups is 1. The predicted octanol–water partition coefficient (Wildman–Crippen LogP) is 1.60. The average molecular weight is 426 g/mol. The van der Waals surface area contributed by atoms with Gasteiger partial charge in [0.05, 0.1) is 6.10 Å². The summed E-state index contributed by atoms with van der Waals surface area (Å²) in [5, 5.41) is 6.38. The molecule has 0 aliphatic carbocycles. The number of amides is 1. The van der Waals surface area contributed by atoms with Crippen LogP contribution < -0.4 is 10.6 Å². The van der Waals surface area contributed by atoms with E-state index >= 15 is 0 Å². The summed E-state index contributed by atoms with van der Waals surface area (Å²) in [5.41, 5.74) is 0. The number of likely N-dealkylation sites (tertiary alicyclic amines) is 1. The second kappa shape index (κ2) is 12.9. The third-order valence-electron chi connectivity index (χ3n) is 3.24. The number of rotatable bonds is 8. The zero-order valence-electron chi connectivity index (χ0n) is 14.1. The molecule has 1 fully saturated rings. The summed E-state index contributed by atoms with van der Waals surface area (Å²) >= 11 is 0. The largest absolute Gasteiger partial charge is 0.379 e. The van der Waals surface area contributed by atoms with Gasteiger partial charge in [-0.1, -0.05) is 0 Å². The van der Waals surface area contributed by atoms with Gasteiger partial charge in [-0.25, -0.2) is 4.99 Å². The molecule has 0 saturated carbocycles. The summed E-state index contributed by atoms with van der Waals surface area (Å²) in [5.74, 6) is 0.822. The summed E-state index contributed by atoms with van der Waals surface area (Å²) in [7, 11) is 0. The van der Waals surface area contributed by atoms with Crippen molar-refractivity contribution in [3.05, 3.63) is 0 Å². The molecule has 1 heterocycles. The molecule has 22 heavy (non-hydrogen) atoms. The van der Waals surface area contributed by atoms with Crippen LogP contribution in [0.3, 0.4) is 0 Å². The van der Waals surface area contributed by atoms with Gasteiger partial charge in [0.25, 0.3) is 0 Å². The summed E-state index contributed by atoms with van der Waals surface area (Å²) in [6.45, 7) is 10.4. The Hall–Kier alpha value is -0.570. The van der Waals surface area contributed by atoms with Crippen molar-refractivity contribution in [3.8, 4) is 0 Å². The fraction of sp³-hybridized carbons (Fsp3) is 0.867. The Morgan fingerprint density at radius 2 is 1.95 bits per heavy atom. The van der Waals surface area contributed by atoms with Gasteiger partial charge >= 0.3 is 0 Å². The van der Waals surface area contributed by atoms with Gasteiger partial charge < -0.3 is 20.3 Å². The highest BCUT2D eigenvalue weighted by atomic mass is 127. The molecule has 1 rings (SSSR count). The molecule has 0 bridgehead atoms. The van der Waals surface area contributed by atoms with Crippen molar-refractivity contribution in [2.45, 2.75) is 46.1 Å². The number of nitrogens with one attached hydrogen (secondary N) is 2. The third kappa shape index (κ3) is 9.45. The van der Waals surface area contributed by atoms with Crippen molar-refractivity contribution >= 4 is 35.8 Å². The standard InChI is InChI=1S/C15H30N4O2.HI/c1-4-16-15(17-8-7-11-21-13(2)3)18-12-14(20)19-9-5-6-10-19;/h13H,4-12H2,1-3H3,(H2,16,17,18);1H. The smallest absolute Gasteiger partial charge is 0.244 e. The number of carbonyl (C=O) groups is 1. The molecular weight excluding hydrogens is 395 g/mol. The first-order valence-electron chi connectivity index (χ1n) is 8.05. The average Bonchev–Trinajstić information content (AvgIpc) is 2.97. The summed E-state index contributed by atoms with van der Waals surface area (Å²) in [6, 6.07) is 0. The van der Waals surface area contributed by atoms with Gasteiger partial charge in [0.1, 0.15) is 6.54 Å². The highest BCUT2D eigenvalue weighted by Gasteiger charge is 2.17. The van der Waals surface area contributed by atoms with E-state index in [1.165, 1.54) is 0 Å². The molecule has 0 aromatic rings. The second-order valence-corrected chi connectivity index (χ2v) is 5.48. The molecule has 0 unspecified atom stereocenters. The maximum absolute atomic E-state index is 11.9. The minimum atomic E-state index is 0. The molecule has 130 valence electrons. The molecule has 0 atom stereocenters. The topological polar surface area (TPSA) is 66.0 Å². The number of hydrogen-bond donors (Lipinski definition) is 2. The Bertz CT molecular complexity index is 332. The quantitative estimate of drug-likeness (QED) is 0.268. The zero-order chi connectivity index (χ0) is 15.5. The first-order valence-corrected chi connectivity index (χ1v) is 8.05. The van der Waals surface area contributed by atoms with Gasteiger partial charge in [-0.05, 0) is 40.0 Å². The number of aliphatic imine (C=N–C) groups is 1. The van der Waals surface area contributed by atoms with Gasteiger partial charge in [-0.3, -0.25) is 4.79 Å². The lowest BCUT2D eigenvalue weighted by Gasteiger charge is -2.15. The zero-order valence-corrected chi connectivity index (χ0v) is 16.4. The van der Waals surface area contributed by atoms with Crippen LogP contribution in [0.4, 0.5) is 0 Å². The van der Waals surface area contributed by atoms with Crippen LogP contribution in [0, 0.1) is 0 Å². The first kappa shape index (κ1) is 21.4. The molecule has 0 radical (unpaired) electrons. The van der Waals surface area contributed by atoms with Gasteiger partial charge in [-0.2, -0.15) is 0 Å². The van der Waals surface area contributed by atoms with Gasteiger partial charge in [0.15, 0.2) is 5.96 Å². The van der Waals surface area contributed by atoms with Gasteiger partial charge in [-0.15, -0.1) is 24.0 Å². The van der Waals surface area contributed by atoms with Crippen LogP contribution in [0.1, 0.15) is 40.0 Å². The van der Waals surface area contributed by atoms with Crippen molar-refractivity contribution in [1.29, 1.82) is 0 Å². The fourth-order valence-corrected chi connectivity index (χ4v) is 2.15. The highest BCUT2D eigenvalue weighted by molar-refractivity contribution is 14.0. The van der Waals surface area contributed by atoms with Crippen LogP contribution in [0.25, 0.3) is 0 Å². The number of nitrogens with zero attached hydrogens (tertiary/aromatic N) is 2. The fourth-order valence-electron chi connectivity index (χ4n) is 2.15. The Labute approximate surface area is 151 Å². The minimum absolute atomic E-state index is 0. The normalized spacial score (nSPS) is 14.9. The maximum Gasteiger partial charge on any atom is 0.244 e. The molecule has 1 saturated heterocycles. The Morgan fingerprint density at radius 1 is 1.27 bits per heavy atom. The SMILES string of the molecule is CCNC(=NCC(=O)N1CCCC1)NCCCOC(C)C.I. The van der Waals surface area contributed by atoms with Crippen molar-refractivity contribution in [1.82, 2.24) is 15.5 Å². The maximum atomic E-state index is 11.9. The van der Waals surface area contributed by atoms with Gasteiger partial charge in [0, 0.05) is 32.8 Å². The van der Waals surface area contributed by atoms with E-state index < -0.39 is 0 Å². The van der Waals surface area contributed by atoms with Crippen molar-refractivity contribution in [3.63, 3.8) is 0 Å². The molecule has 0 aromatic heterocycles. The van der Waals surface area contributed by atoms with E-state index in [1.54, 1.807) is 0 Å². The summed E-state index contributed by atoms with van der Waals surface area (Å²) in [4.78, 5) is 18.2. The summed E-state index contributed by atoms with van der Waals surface area (Å²) in [6.07, 6.45) is 3.42. The molecule has 1 aliphatic heterocycles. The Morgan fingerprint density at radius 3 is 2.55 bits per heavy atom. The van der Waals surface area contributed by atoms with Crippen molar-refractivity contribution in [2.24, 2.45) is 4.99 Å². The van der Waals surface area contributed by atoms with Crippen LogP contribution in [-0.2, 0) is 9.53 Å². The van der Waals surface area contributed by atoms with Crippen LogP contribution in [-0.4, -0.2) is 62.2 Å². The van der Waals surface area contributed by atoms with E-state index in [4.69, 9.17) is 4.74 Å². The third-order valence-corrected chi connectivity index (χ3v) is 3.24. The van der Waals surface area contributed by atoms with Crippen molar-refractivity contribution in [2.75, 3.05) is 39.3 Å². The second-order valence-electron chi connectivity index (χ2n) is 5.48.